The number of halogens is 1. The quantitative estimate of drug-likeness (QED) is 0.646. The Morgan fingerprint density at radius 3 is 2.67 bits per heavy atom. The van der Waals surface area contributed by atoms with Crippen molar-refractivity contribution >= 4 is 11.6 Å². The molecule has 1 aromatic carbocycles. The second kappa shape index (κ2) is 6.55. The van der Waals surface area contributed by atoms with Crippen LogP contribution in [0.2, 0.25) is 5.02 Å². The highest BCUT2D eigenvalue weighted by molar-refractivity contribution is 6.30. The first-order valence-electron chi connectivity index (χ1n) is 6.89. The molecule has 100 valence electrons. The number of rotatable bonds is 4. The third-order valence-electron chi connectivity index (χ3n) is 4.13. The molecule has 18 heavy (non-hydrogen) atoms. The van der Waals surface area contributed by atoms with Crippen LogP contribution in [-0.4, -0.2) is 6.04 Å². The number of nitrogens with two attached hydrogens (primary N) is 1. The minimum atomic E-state index is 0.383. The Morgan fingerprint density at radius 1 is 1.33 bits per heavy atom. The smallest absolute Gasteiger partial charge is 0.0406 e. The maximum atomic E-state index is 5.91. The lowest BCUT2D eigenvalue weighted by molar-refractivity contribution is 0.222. The summed E-state index contributed by atoms with van der Waals surface area (Å²) in [6.07, 6.45) is 6.29. The van der Waals surface area contributed by atoms with Crippen molar-refractivity contribution in [3.63, 3.8) is 0 Å². The van der Waals surface area contributed by atoms with Crippen LogP contribution >= 0.6 is 11.6 Å². The standard InChI is InChI=1S/C15H23ClN2/c1-11-3-2-4-13(9-11)15(18-17)10-12-5-7-14(16)8-6-12/h5-8,11,13,15,18H,2-4,9-10,17H2,1H3. The van der Waals surface area contributed by atoms with Crippen molar-refractivity contribution in [2.45, 2.75) is 45.1 Å². The zero-order valence-electron chi connectivity index (χ0n) is 11.0. The molecular formula is C15H23ClN2. The molecule has 0 radical (unpaired) electrons. The van der Waals surface area contributed by atoms with Crippen LogP contribution in [0.4, 0.5) is 0 Å². The van der Waals surface area contributed by atoms with Gasteiger partial charge in [0.25, 0.3) is 0 Å². The van der Waals surface area contributed by atoms with Crippen LogP contribution in [0.25, 0.3) is 0 Å². The minimum Gasteiger partial charge on any atom is -0.271 e. The Morgan fingerprint density at radius 2 is 2.06 bits per heavy atom. The van der Waals surface area contributed by atoms with Crippen molar-refractivity contribution in [1.29, 1.82) is 0 Å². The van der Waals surface area contributed by atoms with E-state index in [2.05, 4.69) is 24.5 Å². The van der Waals surface area contributed by atoms with Gasteiger partial charge in [0.2, 0.25) is 0 Å². The van der Waals surface area contributed by atoms with Gasteiger partial charge in [0.15, 0.2) is 0 Å². The highest BCUT2D eigenvalue weighted by Gasteiger charge is 2.26. The molecule has 3 heteroatoms. The summed E-state index contributed by atoms with van der Waals surface area (Å²) in [6.45, 7) is 2.35. The van der Waals surface area contributed by atoms with E-state index in [0.717, 1.165) is 17.4 Å². The molecule has 1 saturated carbocycles. The molecule has 0 amide bonds. The molecule has 0 aromatic heterocycles. The van der Waals surface area contributed by atoms with Crippen LogP contribution in [0.3, 0.4) is 0 Å². The summed E-state index contributed by atoms with van der Waals surface area (Å²) in [4.78, 5) is 0. The molecule has 0 spiro atoms. The SMILES string of the molecule is CC1CCCC(C(Cc2ccc(Cl)cc2)NN)C1. The largest absolute Gasteiger partial charge is 0.271 e. The van der Waals surface area contributed by atoms with Gasteiger partial charge in [0, 0.05) is 11.1 Å². The van der Waals surface area contributed by atoms with Crippen molar-refractivity contribution in [2.75, 3.05) is 0 Å². The van der Waals surface area contributed by atoms with Crippen LogP contribution in [0, 0.1) is 11.8 Å². The molecule has 0 bridgehead atoms. The van der Waals surface area contributed by atoms with Crippen molar-refractivity contribution in [2.24, 2.45) is 17.7 Å². The zero-order chi connectivity index (χ0) is 13.0. The minimum absolute atomic E-state index is 0.383. The fraction of sp³-hybridized carbons (Fsp3) is 0.600. The van der Waals surface area contributed by atoms with Gasteiger partial charge in [0.1, 0.15) is 0 Å². The van der Waals surface area contributed by atoms with E-state index in [9.17, 15) is 0 Å². The van der Waals surface area contributed by atoms with Gasteiger partial charge in [-0.15, -0.1) is 0 Å². The van der Waals surface area contributed by atoms with Crippen LogP contribution in [0.1, 0.15) is 38.2 Å². The van der Waals surface area contributed by atoms with Gasteiger partial charge in [-0.2, -0.15) is 0 Å². The van der Waals surface area contributed by atoms with Gasteiger partial charge >= 0.3 is 0 Å². The highest BCUT2D eigenvalue weighted by Crippen LogP contribution is 2.31. The second-order valence-corrected chi connectivity index (χ2v) is 6.07. The molecule has 0 aliphatic heterocycles. The molecule has 1 aliphatic rings. The zero-order valence-corrected chi connectivity index (χ0v) is 11.8. The van der Waals surface area contributed by atoms with Gasteiger partial charge in [0.05, 0.1) is 0 Å². The summed E-state index contributed by atoms with van der Waals surface area (Å²) >= 11 is 5.91. The summed E-state index contributed by atoms with van der Waals surface area (Å²) in [5.41, 5.74) is 4.33. The number of hydrogen-bond donors (Lipinski definition) is 2. The summed E-state index contributed by atoms with van der Waals surface area (Å²) in [5, 5.41) is 0.794. The predicted octanol–water partition coefficient (Wildman–Crippen LogP) is 3.54. The van der Waals surface area contributed by atoms with E-state index >= 15 is 0 Å². The molecule has 3 atom stereocenters. The van der Waals surface area contributed by atoms with Gasteiger partial charge in [-0.05, 0) is 48.8 Å². The maximum Gasteiger partial charge on any atom is 0.0406 e. The van der Waals surface area contributed by atoms with E-state index in [0.29, 0.717) is 12.0 Å². The average Bonchev–Trinajstić information content (AvgIpc) is 2.38. The third-order valence-corrected chi connectivity index (χ3v) is 4.38. The van der Waals surface area contributed by atoms with Crippen molar-refractivity contribution in [3.05, 3.63) is 34.9 Å². The monoisotopic (exact) mass is 266 g/mol. The fourth-order valence-electron chi connectivity index (χ4n) is 3.08. The Bertz CT molecular complexity index is 363. The second-order valence-electron chi connectivity index (χ2n) is 5.64. The Balaban J connectivity index is 1.98. The van der Waals surface area contributed by atoms with Gasteiger partial charge < -0.3 is 0 Å². The van der Waals surface area contributed by atoms with Gasteiger partial charge in [-0.25, -0.2) is 0 Å². The lowest BCUT2D eigenvalue weighted by atomic mass is 9.77. The molecule has 3 unspecified atom stereocenters. The van der Waals surface area contributed by atoms with E-state index in [1.54, 1.807) is 0 Å². The summed E-state index contributed by atoms with van der Waals surface area (Å²) < 4.78 is 0. The predicted molar refractivity (Wildman–Crippen MR) is 77.4 cm³/mol. The normalized spacial score (nSPS) is 25.9. The Labute approximate surface area is 115 Å². The summed E-state index contributed by atoms with van der Waals surface area (Å²) in [7, 11) is 0. The Hall–Kier alpha value is -0.570. The van der Waals surface area contributed by atoms with Gasteiger partial charge in [-0.1, -0.05) is 43.5 Å². The number of hydrogen-bond acceptors (Lipinski definition) is 2. The van der Waals surface area contributed by atoms with Crippen LogP contribution in [0.5, 0.6) is 0 Å². The molecule has 3 N–H and O–H groups in total. The lowest BCUT2D eigenvalue weighted by Gasteiger charge is -2.33. The Kier molecular flexibility index (Phi) is 5.04. The van der Waals surface area contributed by atoms with E-state index < -0.39 is 0 Å². The van der Waals surface area contributed by atoms with E-state index in [-0.39, 0.29) is 0 Å². The number of nitrogens with one attached hydrogen (secondary N) is 1. The molecular weight excluding hydrogens is 244 g/mol. The topological polar surface area (TPSA) is 38.0 Å². The summed E-state index contributed by atoms with van der Waals surface area (Å²) in [5.74, 6) is 7.29. The van der Waals surface area contributed by atoms with Crippen LogP contribution in [-0.2, 0) is 6.42 Å². The highest BCUT2D eigenvalue weighted by atomic mass is 35.5. The molecule has 2 nitrogen and oxygen atoms in total. The van der Waals surface area contributed by atoms with Crippen LogP contribution < -0.4 is 11.3 Å². The van der Waals surface area contributed by atoms with Crippen molar-refractivity contribution in [1.82, 2.24) is 5.43 Å². The van der Waals surface area contributed by atoms with Gasteiger partial charge in [-0.3, -0.25) is 11.3 Å². The number of hydrazine groups is 1. The average molecular weight is 267 g/mol. The molecule has 2 rings (SSSR count). The first kappa shape index (κ1) is 13.9. The third kappa shape index (κ3) is 3.71. The summed E-state index contributed by atoms with van der Waals surface area (Å²) in [6, 6.07) is 8.48. The molecule has 1 aromatic rings. The van der Waals surface area contributed by atoms with Crippen LogP contribution in [0.15, 0.2) is 24.3 Å². The van der Waals surface area contributed by atoms with Crippen molar-refractivity contribution < 1.29 is 0 Å². The molecule has 1 fully saturated rings. The molecule has 0 heterocycles. The first-order chi connectivity index (χ1) is 8.69. The number of benzene rings is 1. The van der Waals surface area contributed by atoms with E-state index in [1.807, 2.05) is 12.1 Å². The lowest BCUT2D eigenvalue weighted by Crippen LogP contribution is -2.43. The van der Waals surface area contributed by atoms with E-state index in [1.165, 1.54) is 31.2 Å². The van der Waals surface area contributed by atoms with E-state index in [4.69, 9.17) is 17.4 Å². The molecule has 1 aliphatic carbocycles. The fourth-order valence-corrected chi connectivity index (χ4v) is 3.21. The molecule has 0 saturated heterocycles. The maximum absolute atomic E-state index is 5.91. The first-order valence-corrected chi connectivity index (χ1v) is 7.27. The van der Waals surface area contributed by atoms with Crippen molar-refractivity contribution in [3.8, 4) is 0 Å².